The molecular weight excluding hydrogens is 564 g/mol. The van der Waals surface area contributed by atoms with Crippen molar-refractivity contribution in [3.8, 4) is 0 Å². The highest BCUT2D eigenvalue weighted by Gasteiger charge is 2.54. The number of likely N-dealkylation sites (tertiary alicyclic amines) is 1. The number of halogens is 7. The van der Waals surface area contributed by atoms with Crippen LogP contribution in [0.2, 0.25) is 5.02 Å². The van der Waals surface area contributed by atoms with Crippen molar-refractivity contribution in [2.24, 2.45) is 17.8 Å². The molecule has 5 rings (SSSR count). The molecule has 3 amide bonds. The van der Waals surface area contributed by atoms with Gasteiger partial charge in [0.25, 0.3) is 0 Å². The van der Waals surface area contributed by atoms with Crippen LogP contribution in [0.25, 0.3) is 0 Å². The van der Waals surface area contributed by atoms with E-state index in [0.29, 0.717) is 4.90 Å². The Labute approximate surface area is 230 Å². The smallest absolute Gasteiger partial charge is 0.337 e. The summed E-state index contributed by atoms with van der Waals surface area (Å²) in [5, 5.41) is 2.65. The van der Waals surface area contributed by atoms with Gasteiger partial charge in [-0.3, -0.25) is 19.3 Å². The molecule has 2 heterocycles. The number of nitrogens with zero attached hydrogens (tertiary/aromatic N) is 2. The van der Waals surface area contributed by atoms with Gasteiger partial charge in [0.15, 0.2) is 0 Å². The molecule has 0 unspecified atom stereocenters. The average molecular weight is 588 g/mol. The Bertz CT molecular complexity index is 1340. The number of anilines is 3. The first-order chi connectivity index (χ1) is 18.7. The molecule has 40 heavy (non-hydrogen) atoms. The van der Waals surface area contributed by atoms with Crippen LogP contribution >= 0.6 is 11.6 Å². The van der Waals surface area contributed by atoms with Crippen molar-refractivity contribution in [2.45, 2.75) is 50.5 Å². The third kappa shape index (κ3) is 5.63. The van der Waals surface area contributed by atoms with Crippen LogP contribution in [-0.2, 0) is 20.6 Å². The first kappa shape index (κ1) is 28.3. The molecule has 0 aromatic heterocycles. The molecule has 1 aliphatic carbocycles. The second-order valence-corrected chi connectivity index (χ2v) is 10.8. The third-order valence-corrected chi connectivity index (χ3v) is 7.92. The standard InChI is InChI=1S/C27H24ClF6N3O3/c28-19-5-2-6-20-22(19)35-23(38)21(13-36(20)16-4-1-3-15(12-16)27(32,33)34)37-24(39)17(9-10-26(29,30)31)18(25(37)40)11-14-7-8-14/h1-6,12,14,17-18,21H,7-11,13H2,(H,35,38)/t17-,18+,21+/m1/s1. The molecule has 2 aliphatic heterocycles. The number of hydrogen-bond donors (Lipinski definition) is 1. The highest BCUT2D eigenvalue weighted by Crippen LogP contribution is 2.46. The molecule has 1 saturated heterocycles. The quantitative estimate of drug-likeness (QED) is 0.307. The lowest BCUT2D eigenvalue weighted by Gasteiger charge is -2.30. The summed E-state index contributed by atoms with van der Waals surface area (Å²) in [4.78, 5) is 42.7. The number of imide groups is 1. The molecule has 214 valence electrons. The summed E-state index contributed by atoms with van der Waals surface area (Å²) in [6, 6.07) is 7.27. The Morgan fingerprint density at radius 2 is 1.60 bits per heavy atom. The Morgan fingerprint density at radius 3 is 2.25 bits per heavy atom. The number of carbonyl (C=O) groups excluding carboxylic acids is 3. The van der Waals surface area contributed by atoms with E-state index in [0.717, 1.165) is 25.0 Å². The average Bonchev–Trinajstić information content (AvgIpc) is 3.67. The summed E-state index contributed by atoms with van der Waals surface area (Å²) in [5.41, 5.74) is -0.651. The van der Waals surface area contributed by atoms with Gasteiger partial charge in [0, 0.05) is 12.1 Å². The summed E-state index contributed by atoms with van der Waals surface area (Å²) in [6.07, 6.45) is -9.24. The van der Waals surface area contributed by atoms with Crippen molar-refractivity contribution in [3.63, 3.8) is 0 Å². The van der Waals surface area contributed by atoms with Crippen molar-refractivity contribution >= 4 is 46.4 Å². The molecule has 0 bridgehead atoms. The number of amides is 3. The van der Waals surface area contributed by atoms with Gasteiger partial charge in [-0.2, -0.15) is 26.3 Å². The topological polar surface area (TPSA) is 69.7 Å². The van der Waals surface area contributed by atoms with Crippen molar-refractivity contribution in [2.75, 3.05) is 16.8 Å². The van der Waals surface area contributed by atoms with E-state index in [4.69, 9.17) is 11.6 Å². The Kier molecular flexibility index (Phi) is 7.26. The lowest BCUT2D eigenvalue weighted by Crippen LogP contribution is -2.51. The van der Waals surface area contributed by atoms with E-state index in [1.54, 1.807) is 0 Å². The number of carbonyl (C=O) groups is 3. The van der Waals surface area contributed by atoms with Crippen LogP contribution in [0.5, 0.6) is 0 Å². The first-order valence-corrected chi connectivity index (χ1v) is 13.1. The minimum atomic E-state index is -4.67. The van der Waals surface area contributed by atoms with Crippen molar-refractivity contribution in [3.05, 3.63) is 53.1 Å². The number of benzene rings is 2. The highest BCUT2D eigenvalue weighted by molar-refractivity contribution is 6.34. The Hall–Kier alpha value is -3.28. The van der Waals surface area contributed by atoms with E-state index in [1.807, 2.05) is 0 Å². The maximum atomic E-state index is 13.6. The van der Waals surface area contributed by atoms with Gasteiger partial charge in [-0.05, 0) is 49.1 Å². The van der Waals surface area contributed by atoms with Gasteiger partial charge in [-0.25, -0.2) is 0 Å². The summed E-state index contributed by atoms with van der Waals surface area (Å²) >= 11 is 6.32. The predicted molar refractivity (Wildman–Crippen MR) is 134 cm³/mol. The van der Waals surface area contributed by atoms with Crippen LogP contribution in [-0.4, -0.2) is 41.4 Å². The zero-order valence-corrected chi connectivity index (χ0v) is 21.6. The van der Waals surface area contributed by atoms with Crippen LogP contribution in [0.1, 0.15) is 37.7 Å². The third-order valence-electron chi connectivity index (χ3n) is 7.60. The number of para-hydroxylation sites is 1. The number of hydrogen-bond acceptors (Lipinski definition) is 4. The maximum absolute atomic E-state index is 13.6. The zero-order valence-electron chi connectivity index (χ0n) is 20.9. The molecule has 6 nitrogen and oxygen atoms in total. The van der Waals surface area contributed by atoms with E-state index in [-0.39, 0.29) is 34.4 Å². The van der Waals surface area contributed by atoms with Gasteiger partial charge >= 0.3 is 12.4 Å². The van der Waals surface area contributed by atoms with Crippen molar-refractivity contribution < 1.29 is 40.7 Å². The van der Waals surface area contributed by atoms with Crippen LogP contribution in [0, 0.1) is 17.8 Å². The van der Waals surface area contributed by atoms with E-state index in [1.165, 1.54) is 35.2 Å². The number of rotatable bonds is 6. The first-order valence-electron chi connectivity index (χ1n) is 12.7. The second kappa shape index (κ2) is 10.3. The van der Waals surface area contributed by atoms with E-state index >= 15 is 0 Å². The Morgan fingerprint density at radius 1 is 0.925 bits per heavy atom. The monoisotopic (exact) mass is 587 g/mol. The minimum Gasteiger partial charge on any atom is -0.337 e. The molecule has 2 fully saturated rings. The predicted octanol–water partition coefficient (Wildman–Crippen LogP) is 6.56. The molecular formula is C27H24ClF6N3O3. The fraction of sp³-hybridized carbons (Fsp3) is 0.444. The molecule has 3 atom stereocenters. The fourth-order valence-corrected chi connectivity index (χ4v) is 5.67. The summed E-state index contributed by atoms with van der Waals surface area (Å²) in [7, 11) is 0. The van der Waals surface area contributed by atoms with Crippen LogP contribution < -0.4 is 10.2 Å². The zero-order chi connectivity index (χ0) is 29.0. The molecule has 1 saturated carbocycles. The minimum absolute atomic E-state index is 0.0158. The second-order valence-electron chi connectivity index (χ2n) is 10.4. The van der Waals surface area contributed by atoms with E-state index < -0.39 is 72.9 Å². The maximum Gasteiger partial charge on any atom is 0.416 e. The molecule has 0 radical (unpaired) electrons. The van der Waals surface area contributed by atoms with Crippen molar-refractivity contribution in [1.29, 1.82) is 0 Å². The van der Waals surface area contributed by atoms with Gasteiger partial charge < -0.3 is 10.2 Å². The van der Waals surface area contributed by atoms with E-state index in [2.05, 4.69) is 5.32 Å². The lowest BCUT2D eigenvalue weighted by molar-refractivity contribution is -0.147. The Balaban J connectivity index is 1.54. The largest absolute Gasteiger partial charge is 0.416 e. The van der Waals surface area contributed by atoms with Gasteiger partial charge in [0.05, 0.1) is 40.3 Å². The van der Waals surface area contributed by atoms with Gasteiger partial charge in [-0.1, -0.05) is 36.6 Å². The van der Waals surface area contributed by atoms with Gasteiger partial charge in [0.2, 0.25) is 17.7 Å². The summed E-state index contributed by atoms with van der Waals surface area (Å²) in [6.45, 7) is -0.430. The number of nitrogens with one attached hydrogen (secondary N) is 1. The van der Waals surface area contributed by atoms with Crippen LogP contribution in [0.15, 0.2) is 42.5 Å². The fourth-order valence-electron chi connectivity index (χ4n) is 5.45. The van der Waals surface area contributed by atoms with Gasteiger partial charge in [-0.15, -0.1) is 0 Å². The molecule has 0 spiro atoms. The molecule has 3 aliphatic rings. The normalized spacial score (nSPS) is 23.8. The number of alkyl halides is 6. The van der Waals surface area contributed by atoms with Crippen molar-refractivity contribution in [1.82, 2.24) is 4.90 Å². The highest BCUT2D eigenvalue weighted by atomic mass is 35.5. The molecule has 2 aromatic rings. The lowest BCUT2D eigenvalue weighted by atomic mass is 9.86. The van der Waals surface area contributed by atoms with Crippen LogP contribution in [0.3, 0.4) is 0 Å². The number of fused-ring (bicyclic) bond motifs is 1. The molecule has 13 heteroatoms. The van der Waals surface area contributed by atoms with Crippen LogP contribution in [0.4, 0.5) is 43.4 Å². The molecule has 1 N–H and O–H groups in total. The SMILES string of the molecule is O=C1Nc2c(Cl)cccc2N(c2cccc(C(F)(F)F)c2)C[C@@H]1N1C(=O)[C@@H](CC2CC2)[C@@H](CCC(F)(F)F)C1=O. The summed E-state index contributed by atoms with van der Waals surface area (Å²) < 4.78 is 79.8. The molecule has 2 aromatic carbocycles. The van der Waals surface area contributed by atoms with E-state index in [9.17, 15) is 40.7 Å². The summed E-state index contributed by atoms with van der Waals surface area (Å²) in [5.74, 6) is -4.61. The van der Waals surface area contributed by atoms with Gasteiger partial charge in [0.1, 0.15) is 6.04 Å².